The lowest BCUT2D eigenvalue weighted by atomic mass is 10.1. The minimum Gasteiger partial charge on any atom is -0.457 e. The van der Waals surface area contributed by atoms with E-state index < -0.39 is 0 Å². The van der Waals surface area contributed by atoms with Crippen molar-refractivity contribution >= 4 is 28.7 Å². The second kappa shape index (κ2) is 6.08. The molecule has 4 rings (SSSR count). The van der Waals surface area contributed by atoms with E-state index in [1.807, 2.05) is 72.8 Å². The van der Waals surface area contributed by atoms with Crippen LogP contribution in [0.15, 0.2) is 72.8 Å². The molecule has 0 unspecified atom stereocenters. The lowest BCUT2D eigenvalue weighted by molar-refractivity contribution is 0.0535. The van der Waals surface area contributed by atoms with Crippen LogP contribution >= 0.6 is 0 Å². The maximum atomic E-state index is 11.9. The van der Waals surface area contributed by atoms with Crippen molar-refractivity contribution in [1.82, 2.24) is 0 Å². The summed E-state index contributed by atoms with van der Waals surface area (Å²) < 4.78 is 5.14. The van der Waals surface area contributed by atoms with E-state index in [9.17, 15) is 4.79 Å². The third kappa shape index (κ3) is 2.82. The molecular weight excluding hydrogens is 300 g/mol. The number of para-hydroxylation sites is 2. The van der Waals surface area contributed by atoms with Crippen LogP contribution in [0.3, 0.4) is 0 Å². The molecule has 4 heteroatoms. The summed E-state index contributed by atoms with van der Waals surface area (Å²) in [6.07, 6.45) is 0. The third-order valence-electron chi connectivity index (χ3n) is 3.93. The second-order valence-corrected chi connectivity index (χ2v) is 5.61. The first-order valence-electron chi connectivity index (χ1n) is 7.78. The fourth-order valence-corrected chi connectivity index (χ4v) is 2.74. The molecule has 0 bridgehead atoms. The summed E-state index contributed by atoms with van der Waals surface area (Å²) in [5, 5.41) is 6.78. The predicted molar refractivity (Wildman–Crippen MR) is 95.0 cm³/mol. The van der Waals surface area contributed by atoms with Crippen molar-refractivity contribution in [1.29, 1.82) is 0 Å². The Morgan fingerprint density at radius 1 is 0.750 bits per heavy atom. The minimum atomic E-state index is -0.271. The van der Waals surface area contributed by atoms with Gasteiger partial charge in [-0.2, -0.15) is 0 Å². The number of fused-ring (bicyclic) bond motifs is 1. The first kappa shape index (κ1) is 14.3. The van der Waals surface area contributed by atoms with Gasteiger partial charge in [-0.3, -0.25) is 0 Å². The van der Waals surface area contributed by atoms with Crippen LogP contribution in [0.4, 0.5) is 22.7 Å². The van der Waals surface area contributed by atoms with E-state index >= 15 is 0 Å². The molecule has 0 aliphatic carbocycles. The lowest BCUT2D eigenvalue weighted by Gasteiger charge is -2.15. The molecule has 0 spiro atoms. The number of benzene rings is 3. The predicted octanol–water partition coefficient (Wildman–Crippen LogP) is 4.84. The number of carbonyl (C=O) groups is 1. The molecule has 0 saturated carbocycles. The van der Waals surface area contributed by atoms with Crippen LogP contribution in [0.5, 0.6) is 0 Å². The fraction of sp³-hybridized carbons (Fsp3) is 0.0500. The summed E-state index contributed by atoms with van der Waals surface area (Å²) in [6, 6.07) is 23.6. The Morgan fingerprint density at radius 2 is 1.29 bits per heavy atom. The smallest absolute Gasteiger partial charge is 0.338 e. The van der Waals surface area contributed by atoms with E-state index in [1.54, 1.807) is 0 Å². The second-order valence-electron chi connectivity index (χ2n) is 5.61. The molecule has 0 amide bonds. The van der Waals surface area contributed by atoms with Crippen molar-refractivity contribution in [2.24, 2.45) is 0 Å². The number of ether oxygens (including phenoxy) is 1. The SMILES string of the molecule is O=C1OCc2cc(Nc3ccccc3)c(Nc3ccccc3)cc21. The number of rotatable bonds is 4. The quantitative estimate of drug-likeness (QED) is 0.676. The van der Waals surface area contributed by atoms with Gasteiger partial charge in [0.2, 0.25) is 0 Å². The molecule has 0 saturated heterocycles. The summed E-state index contributed by atoms with van der Waals surface area (Å²) in [4.78, 5) is 11.9. The van der Waals surface area contributed by atoms with Crippen LogP contribution in [0, 0.1) is 0 Å². The highest BCUT2D eigenvalue weighted by Crippen LogP contribution is 2.34. The summed E-state index contributed by atoms with van der Waals surface area (Å²) >= 11 is 0. The van der Waals surface area contributed by atoms with Gasteiger partial charge in [0.05, 0.1) is 16.9 Å². The summed E-state index contributed by atoms with van der Waals surface area (Å²) in [7, 11) is 0. The van der Waals surface area contributed by atoms with Crippen molar-refractivity contribution in [2.75, 3.05) is 10.6 Å². The van der Waals surface area contributed by atoms with Gasteiger partial charge >= 0.3 is 5.97 Å². The standard InChI is InChI=1S/C20H16N2O2/c23-20-17-12-19(22-16-9-5-2-6-10-16)18(11-14(17)13-24-20)21-15-7-3-1-4-8-15/h1-12,21-22H,13H2. The molecule has 0 atom stereocenters. The monoisotopic (exact) mass is 316 g/mol. The highest BCUT2D eigenvalue weighted by atomic mass is 16.5. The van der Waals surface area contributed by atoms with Gasteiger partial charge in [-0.15, -0.1) is 0 Å². The Kier molecular flexibility index (Phi) is 3.63. The van der Waals surface area contributed by atoms with Crippen molar-refractivity contribution in [3.05, 3.63) is 83.9 Å². The first-order chi connectivity index (χ1) is 11.8. The molecule has 4 nitrogen and oxygen atoms in total. The van der Waals surface area contributed by atoms with E-state index in [0.29, 0.717) is 12.2 Å². The number of hydrogen-bond donors (Lipinski definition) is 2. The van der Waals surface area contributed by atoms with Gasteiger partial charge in [-0.25, -0.2) is 4.79 Å². The van der Waals surface area contributed by atoms with Crippen molar-refractivity contribution in [2.45, 2.75) is 6.61 Å². The van der Waals surface area contributed by atoms with Crippen molar-refractivity contribution in [3.63, 3.8) is 0 Å². The molecule has 24 heavy (non-hydrogen) atoms. The van der Waals surface area contributed by atoms with E-state index in [2.05, 4.69) is 10.6 Å². The molecule has 1 aliphatic rings. The molecule has 0 fully saturated rings. The van der Waals surface area contributed by atoms with E-state index in [0.717, 1.165) is 28.3 Å². The van der Waals surface area contributed by atoms with Crippen LogP contribution in [-0.4, -0.2) is 5.97 Å². The Hall–Kier alpha value is -3.27. The van der Waals surface area contributed by atoms with Crippen LogP contribution in [-0.2, 0) is 11.3 Å². The van der Waals surface area contributed by atoms with Gasteiger partial charge in [0.25, 0.3) is 0 Å². The van der Waals surface area contributed by atoms with Crippen LogP contribution in [0.25, 0.3) is 0 Å². The summed E-state index contributed by atoms with van der Waals surface area (Å²) in [5.74, 6) is -0.271. The van der Waals surface area contributed by atoms with Gasteiger partial charge in [0, 0.05) is 16.9 Å². The van der Waals surface area contributed by atoms with Gasteiger partial charge in [-0.1, -0.05) is 36.4 Å². The van der Waals surface area contributed by atoms with Gasteiger partial charge < -0.3 is 15.4 Å². The third-order valence-corrected chi connectivity index (χ3v) is 3.93. The van der Waals surface area contributed by atoms with Crippen LogP contribution in [0.2, 0.25) is 0 Å². The zero-order chi connectivity index (χ0) is 16.4. The molecular formula is C20H16N2O2. The zero-order valence-corrected chi connectivity index (χ0v) is 13.0. The number of nitrogens with one attached hydrogen (secondary N) is 2. The van der Waals surface area contributed by atoms with Crippen molar-refractivity contribution < 1.29 is 9.53 Å². The number of anilines is 4. The average molecular weight is 316 g/mol. The normalized spacial score (nSPS) is 12.4. The molecule has 0 radical (unpaired) electrons. The molecule has 118 valence electrons. The molecule has 1 aliphatic heterocycles. The van der Waals surface area contributed by atoms with E-state index in [1.165, 1.54) is 0 Å². The van der Waals surface area contributed by atoms with Gasteiger partial charge in [0.15, 0.2) is 0 Å². The molecule has 0 aromatic heterocycles. The number of esters is 1. The maximum Gasteiger partial charge on any atom is 0.338 e. The maximum absolute atomic E-state index is 11.9. The van der Waals surface area contributed by atoms with Crippen LogP contribution in [0.1, 0.15) is 15.9 Å². The van der Waals surface area contributed by atoms with Gasteiger partial charge in [-0.05, 0) is 36.4 Å². The Balaban J connectivity index is 1.74. The lowest BCUT2D eigenvalue weighted by Crippen LogP contribution is -2.01. The summed E-state index contributed by atoms with van der Waals surface area (Å²) in [6.45, 7) is 0.323. The largest absolute Gasteiger partial charge is 0.457 e. The van der Waals surface area contributed by atoms with E-state index in [-0.39, 0.29) is 5.97 Å². The first-order valence-corrected chi connectivity index (χ1v) is 7.78. The van der Waals surface area contributed by atoms with Crippen LogP contribution < -0.4 is 10.6 Å². The van der Waals surface area contributed by atoms with E-state index in [4.69, 9.17) is 4.74 Å². The molecule has 3 aromatic rings. The van der Waals surface area contributed by atoms with Gasteiger partial charge in [0.1, 0.15) is 6.61 Å². The molecule has 1 heterocycles. The average Bonchev–Trinajstić information content (AvgIpc) is 2.97. The Labute approximate surface area is 140 Å². The fourth-order valence-electron chi connectivity index (χ4n) is 2.74. The van der Waals surface area contributed by atoms with Crippen molar-refractivity contribution in [3.8, 4) is 0 Å². The highest BCUT2D eigenvalue weighted by Gasteiger charge is 2.23. The topological polar surface area (TPSA) is 50.4 Å². The summed E-state index contributed by atoms with van der Waals surface area (Å²) in [5.41, 5.74) is 5.20. The number of hydrogen-bond acceptors (Lipinski definition) is 4. The number of cyclic esters (lactones) is 1. The highest BCUT2D eigenvalue weighted by molar-refractivity contribution is 5.97. The number of carbonyl (C=O) groups excluding carboxylic acids is 1. The molecule has 2 N–H and O–H groups in total. The molecule has 3 aromatic carbocycles. The Morgan fingerprint density at radius 3 is 1.88 bits per heavy atom. The Bertz CT molecular complexity index is 877. The minimum absolute atomic E-state index is 0.271. The zero-order valence-electron chi connectivity index (χ0n) is 13.0.